The number of morpholine rings is 1. The smallest absolute Gasteiger partial charge is 0.261 e. The highest BCUT2D eigenvalue weighted by Crippen LogP contribution is 2.30. The number of ether oxygens (including phenoxy) is 1. The van der Waals surface area contributed by atoms with E-state index in [1.807, 2.05) is 31.2 Å². The first-order valence-electron chi connectivity index (χ1n) is 9.40. The minimum absolute atomic E-state index is 0.117. The van der Waals surface area contributed by atoms with Crippen molar-refractivity contribution in [2.24, 2.45) is 0 Å². The fourth-order valence-electron chi connectivity index (χ4n) is 3.37. The molecule has 0 unspecified atom stereocenters. The molecule has 0 saturated carbocycles. The molecule has 1 fully saturated rings. The van der Waals surface area contributed by atoms with Gasteiger partial charge in [-0.2, -0.15) is 4.31 Å². The zero-order valence-corrected chi connectivity index (χ0v) is 17.7. The molecule has 8 heteroatoms. The van der Waals surface area contributed by atoms with Crippen LogP contribution in [0.15, 0.2) is 53.4 Å². The van der Waals surface area contributed by atoms with E-state index in [0.717, 1.165) is 21.2 Å². The molecular weight excluding hydrogens is 408 g/mol. The Morgan fingerprint density at radius 2 is 1.79 bits per heavy atom. The Morgan fingerprint density at radius 3 is 2.48 bits per heavy atom. The van der Waals surface area contributed by atoms with Gasteiger partial charge in [0.2, 0.25) is 10.0 Å². The Morgan fingerprint density at radius 1 is 1.10 bits per heavy atom. The standard InChI is InChI=1S/C21H22N2O4S2/c1-15-18-4-2-3-5-19(18)28-20(15)21(24)22-14-16-6-8-17(9-7-16)29(25,26)23-10-12-27-13-11-23/h2-9H,10-14H2,1H3,(H,22,24). The Kier molecular flexibility index (Phi) is 5.69. The van der Waals surface area contributed by atoms with Crippen LogP contribution in [0.3, 0.4) is 0 Å². The van der Waals surface area contributed by atoms with Gasteiger partial charge in [0, 0.05) is 24.3 Å². The van der Waals surface area contributed by atoms with Crippen LogP contribution in [0, 0.1) is 6.92 Å². The third-order valence-electron chi connectivity index (χ3n) is 5.03. The summed E-state index contributed by atoms with van der Waals surface area (Å²) in [5.41, 5.74) is 1.83. The Bertz CT molecular complexity index is 1130. The molecule has 1 saturated heterocycles. The number of carbonyl (C=O) groups excluding carboxylic acids is 1. The van der Waals surface area contributed by atoms with Gasteiger partial charge in [0.25, 0.3) is 5.91 Å². The Balaban J connectivity index is 1.43. The van der Waals surface area contributed by atoms with Gasteiger partial charge in [-0.3, -0.25) is 4.79 Å². The average molecular weight is 431 g/mol. The molecule has 1 amide bonds. The van der Waals surface area contributed by atoms with Crippen molar-refractivity contribution in [1.29, 1.82) is 0 Å². The minimum atomic E-state index is -3.51. The second-order valence-electron chi connectivity index (χ2n) is 6.90. The van der Waals surface area contributed by atoms with Crippen LogP contribution in [0.2, 0.25) is 0 Å². The molecule has 152 valence electrons. The second-order valence-corrected chi connectivity index (χ2v) is 9.89. The van der Waals surface area contributed by atoms with Crippen molar-refractivity contribution in [3.63, 3.8) is 0 Å². The first-order valence-corrected chi connectivity index (χ1v) is 11.7. The molecule has 2 aromatic carbocycles. The highest BCUT2D eigenvalue weighted by molar-refractivity contribution is 7.89. The lowest BCUT2D eigenvalue weighted by atomic mass is 10.1. The molecule has 0 atom stereocenters. The largest absolute Gasteiger partial charge is 0.379 e. The molecule has 0 radical (unpaired) electrons. The van der Waals surface area contributed by atoms with Gasteiger partial charge >= 0.3 is 0 Å². The van der Waals surface area contributed by atoms with Crippen LogP contribution < -0.4 is 5.32 Å². The molecule has 29 heavy (non-hydrogen) atoms. The number of thiophene rings is 1. The molecular formula is C21H22N2O4S2. The van der Waals surface area contributed by atoms with E-state index in [4.69, 9.17) is 4.74 Å². The van der Waals surface area contributed by atoms with Crippen LogP contribution in [-0.2, 0) is 21.3 Å². The quantitative estimate of drug-likeness (QED) is 0.675. The van der Waals surface area contributed by atoms with E-state index in [-0.39, 0.29) is 10.8 Å². The van der Waals surface area contributed by atoms with Gasteiger partial charge < -0.3 is 10.1 Å². The van der Waals surface area contributed by atoms with Crippen molar-refractivity contribution < 1.29 is 17.9 Å². The fraction of sp³-hybridized carbons (Fsp3) is 0.286. The minimum Gasteiger partial charge on any atom is -0.379 e. The van der Waals surface area contributed by atoms with Gasteiger partial charge in [0.1, 0.15) is 0 Å². The number of hydrogen-bond acceptors (Lipinski definition) is 5. The third kappa shape index (κ3) is 4.06. The summed E-state index contributed by atoms with van der Waals surface area (Å²) in [4.78, 5) is 13.6. The zero-order chi connectivity index (χ0) is 20.4. The number of hydrogen-bond donors (Lipinski definition) is 1. The number of nitrogens with one attached hydrogen (secondary N) is 1. The lowest BCUT2D eigenvalue weighted by Gasteiger charge is -2.26. The Hall–Kier alpha value is -2.26. The van der Waals surface area contributed by atoms with Gasteiger partial charge in [-0.25, -0.2) is 8.42 Å². The van der Waals surface area contributed by atoms with Crippen LogP contribution in [0.4, 0.5) is 0 Å². The fourth-order valence-corrected chi connectivity index (χ4v) is 5.90. The maximum Gasteiger partial charge on any atom is 0.261 e. The molecule has 4 rings (SSSR count). The number of nitrogens with zero attached hydrogens (tertiary/aromatic N) is 1. The van der Waals surface area contributed by atoms with Gasteiger partial charge in [-0.1, -0.05) is 30.3 Å². The van der Waals surface area contributed by atoms with E-state index in [2.05, 4.69) is 5.32 Å². The molecule has 1 N–H and O–H groups in total. The van der Waals surface area contributed by atoms with E-state index < -0.39 is 10.0 Å². The first kappa shape index (κ1) is 20.0. The summed E-state index contributed by atoms with van der Waals surface area (Å²) < 4.78 is 33.1. The molecule has 0 bridgehead atoms. The maximum absolute atomic E-state index is 12.7. The molecule has 1 aromatic heterocycles. The van der Waals surface area contributed by atoms with Crippen molar-refractivity contribution in [1.82, 2.24) is 9.62 Å². The summed E-state index contributed by atoms with van der Waals surface area (Å²) >= 11 is 1.48. The molecule has 1 aliphatic heterocycles. The third-order valence-corrected chi connectivity index (χ3v) is 8.22. The van der Waals surface area contributed by atoms with E-state index >= 15 is 0 Å². The highest BCUT2D eigenvalue weighted by atomic mass is 32.2. The summed E-state index contributed by atoms with van der Waals surface area (Å²) in [6, 6.07) is 14.6. The van der Waals surface area contributed by atoms with Gasteiger partial charge in [-0.15, -0.1) is 11.3 Å². The van der Waals surface area contributed by atoms with Crippen molar-refractivity contribution in [2.45, 2.75) is 18.4 Å². The summed E-state index contributed by atoms with van der Waals surface area (Å²) in [7, 11) is -3.51. The summed E-state index contributed by atoms with van der Waals surface area (Å²) in [5, 5.41) is 4.03. The number of amides is 1. The summed E-state index contributed by atoms with van der Waals surface area (Å²) in [6.07, 6.45) is 0. The maximum atomic E-state index is 12.7. The van der Waals surface area contributed by atoms with E-state index in [1.54, 1.807) is 24.3 Å². The van der Waals surface area contributed by atoms with Gasteiger partial charge in [0.15, 0.2) is 0 Å². The predicted molar refractivity (Wildman–Crippen MR) is 114 cm³/mol. The molecule has 0 spiro atoms. The normalized spacial score (nSPS) is 15.5. The highest BCUT2D eigenvalue weighted by Gasteiger charge is 2.26. The number of sulfonamides is 1. The SMILES string of the molecule is Cc1c(C(=O)NCc2ccc(S(=O)(=O)N3CCOCC3)cc2)sc2ccccc12. The van der Waals surface area contributed by atoms with Crippen molar-refractivity contribution in [3.8, 4) is 0 Å². The number of fused-ring (bicyclic) bond motifs is 1. The zero-order valence-electron chi connectivity index (χ0n) is 16.1. The lowest BCUT2D eigenvalue weighted by molar-refractivity contribution is 0.0730. The Labute approximate surface area is 174 Å². The molecule has 1 aliphatic rings. The number of benzene rings is 2. The molecule has 6 nitrogen and oxygen atoms in total. The number of aryl methyl sites for hydroxylation is 1. The average Bonchev–Trinajstić information content (AvgIpc) is 3.10. The molecule has 2 heterocycles. The van der Waals surface area contributed by atoms with Crippen LogP contribution in [0.5, 0.6) is 0 Å². The van der Waals surface area contributed by atoms with Crippen molar-refractivity contribution in [2.75, 3.05) is 26.3 Å². The number of carbonyl (C=O) groups is 1. The predicted octanol–water partition coefficient (Wildman–Crippen LogP) is 3.16. The second kappa shape index (κ2) is 8.23. The van der Waals surface area contributed by atoms with Gasteiger partial charge in [0.05, 0.1) is 23.0 Å². The summed E-state index contributed by atoms with van der Waals surface area (Å²) in [5.74, 6) is -0.117. The number of rotatable bonds is 5. The van der Waals surface area contributed by atoms with Crippen LogP contribution in [0.1, 0.15) is 20.8 Å². The lowest BCUT2D eigenvalue weighted by Crippen LogP contribution is -2.40. The summed E-state index contributed by atoms with van der Waals surface area (Å²) in [6.45, 7) is 3.87. The van der Waals surface area contributed by atoms with Crippen molar-refractivity contribution >= 4 is 37.4 Å². The van der Waals surface area contributed by atoms with Crippen LogP contribution in [-0.4, -0.2) is 44.9 Å². The van der Waals surface area contributed by atoms with Gasteiger partial charge in [-0.05, 0) is 41.6 Å². The van der Waals surface area contributed by atoms with E-state index in [1.165, 1.54) is 15.6 Å². The molecule has 3 aromatic rings. The van der Waals surface area contributed by atoms with E-state index in [0.29, 0.717) is 37.7 Å². The molecule has 0 aliphatic carbocycles. The first-order chi connectivity index (χ1) is 14.0. The van der Waals surface area contributed by atoms with Crippen LogP contribution in [0.25, 0.3) is 10.1 Å². The van der Waals surface area contributed by atoms with E-state index in [9.17, 15) is 13.2 Å². The van der Waals surface area contributed by atoms with Crippen molar-refractivity contribution in [3.05, 3.63) is 64.5 Å². The van der Waals surface area contributed by atoms with Crippen LogP contribution >= 0.6 is 11.3 Å². The monoisotopic (exact) mass is 430 g/mol. The topological polar surface area (TPSA) is 75.7 Å².